The molecule has 0 aromatic heterocycles. The molecule has 2 aliphatic rings. The van der Waals surface area contributed by atoms with Crippen molar-refractivity contribution in [2.24, 2.45) is 5.73 Å². The number of hydrogen-bond acceptors (Lipinski definition) is 3. The minimum absolute atomic E-state index is 0. The molecule has 0 amide bonds. The summed E-state index contributed by atoms with van der Waals surface area (Å²) in [5.41, 5.74) is 5.45. The van der Waals surface area contributed by atoms with Crippen LogP contribution in [0.2, 0.25) is 24.2 Å². The van der Waals surface area contributed by atoms with E-state index < -0.39 is 13.6 Å². The first-order valence-electron chi connectivity index (χ1n) is 5.98. The van der Waals surface area contributed by atoms with Crippen LogP contribution in [0.1, 0.15) is 25.7 Å². The fraction of sp³-hybridized carbons (Fsp3) is 0.909. The van der Waals surface area contributed by atoms with Gasteiger partial charge in [-0.05, 0) is 12.8 Å². The van der Waals surface area contributed by atoms with E-state index in [9.17, 15) is 4.79 Å². The number of carbonyl (C=O) groups excluding carboxylic acids is 1. The van der Waals surface area contributed by atoms with Crippen LogP contribution in [-0.4, -0.2) is 26.7 Å². The average molecular weight is 264 g/mol. The fourth-order valence-corrected chi connectivity index (χ4v) is 8.71. The van der Waals surface area contributed by atoms with Gasteiger partial charge in [-0.25, -0.2) is 0 Å². The van der Waals surface area contributed by atoms with Crippen LogP contribution in [0, 0.1) is 0 Å². The van der Waals surface area contributed by atoms with Gasteiger partial charge in [-0.2, -0.15) is 0 Å². The SMILES string of the molecule is COC(=O)C1(N)CC[Si]2(CCCC2)CC1.Cl. The van der Waals surface area contributed by atoms with Crippen molar-refractivity contribution in [3.05, 3.63) is 0 Å². The maximum Gasteiger partial charge on any atom is 0.325 e. The number of carbonyl (C=O) groups is 1. The summed E-state index contributed by atoms with van der Waals surface area (Å²) < 4.78 is 4.80. The molecular weight excluding hydrogens is 242 g/mol. The minimum Gasteiger partial charge on any atom is -0.468 e. The lowest BCUT2D eigenvalue weighted by molar-refractivity contribution is -0.147. The molecule has 0 unspecified atom stereocenters. The van der Waals surface area contributed by atoms with Crippen LogP contribution < -0.4 is 5.73 Å². The predicted molar refractivity (Wildman–Crippen MR) is 69.6 cm³/mol. The molecule has 0 bridgehead atoms. The molecule has 2 aliphatic heterocycles. The molecule has 2 fully saturated rings. The number of ether oxygens (including phenoxy) is 1. The van der Waals surface area contributed by atoms with Crippen molar-refractivity contribution in [2.75, 3.05) is 7.11 Å². The zero-order valence-electron chi connectivity index (χ0n) is 9.96. The highest BCUT2D eigenvalue weighted by Gasteiger charge is 2.47. The second-order valence-electron chi connectivity index (χ2n) is 5.35. The quantitative estimate of drug-likeness (QED) is 0.584. The normalized spacial score (nSPS) is 26.1. The highest BCUT2D eigenvalue weighted by Crippen LogP contribution is 2.44. The number of esters is 1. The Morgan fingerprint density at radius 2 is 1.69 bits per heavy atom. The van der Waals surface area contributed by atoms with E-state index in [0.29, 0.717) is 0 Å². The van der Waals surface area contributed by atoms with Crippen molar-refractivity contribution < 1.29 is 9.53 Å². The molecule has 1 spiro atoms. The molecule has 2 N–H and O–H groups in total. The number of nitrogens with two attached hydrogens (primary N) is 1. The molecule has 94 valence electrons. The summed E-state index contributed by atoms with van der Waals surface area (Å²) >= 11 is 0. The lowest BCUT2D eigenvalue weighted by Crippen LogP contribution is -2.54. The van der Waals surface area contributed by atoms with Gasteiger partial charge in [0.05, 0.1) is 15.2 Å². The summed E-state index contributed by atoms with van der Waals surface area (Å²) in [6, 6.07) is 5.45. The van der Waals surface area contributed by atoms with Crippen LogP contribution in [0.3, 0.4) is 0 Å². The summed E-state index contributed by atoms with van der Waals surface area (Å²) in [6.07, 6.45) is 4.57. The third kappa shape index (κ3) is 2.44. The Bertz CT molecular complexity index is 257. The lowest BCUT2D eigenvalue weighted by Gasteiger charge is -2.39. The lowest BCUT2D eigenvalue weighted by atomic mass is 9.94. The molecule has 0 saturated carbocycles. The first kappa shape index (κ1) is 14.0. The second kappa shape index (κ2) is 5.06. The summed E-state index contributed by atoms with van der Waals surface area (Å²) in [6.45, 7) is 0. The summed E-state index contributed by atoms with van der Waals surface area (Å²) in [7, 11) is 0.484. The average Bonchev–Trinajstić information content (AvgIpc) is 2.71. The Morgan fingerprint density at radius 1 is 1.19 bits per heavy atom. The Hall–Kier alpha value is -0.0631. The number of rotatable bonds is 1. The monoisotopic (exact) mass is 263 g/mol. The van der Waals surface area contributed by atoms with Crippen molar-refractivity contribution in [1.29, 1.82) is 0 Å². The zero-order chi connectivity index (χ0) is 10.9. The summed E-state index contributed by atoms with van der Waals surface area (Å²) in [4.78, 5) is 11.6. The smallest absolute Gasteiger partial charge is 0.325 e. The first-order chi connectivity index (χ1) is 7.10. The van der Waals surface area contributed by atoms with E-state index in [1.807, 2.05) is 0 Å². The minimum atomic E-state index is -0.955. The third-order valence-corrected chi connectivity index (χ3v) is 9.91. The van der Waals surface area contributed by atoms with Gasteiger partial charge in [-0.3, -0.25) is 4.79 Å². The van der Waals surface area contributed by atoms with Crippen molar-refractivity contribution in [2.45, 2.75) is 55.4 Å². The molecule has 0 radical (unpaired) electrons. The van der Waals surface area contributed by atoms with E-state index >= 15 is 0 Å². The predicted octanol–water partition coefficient (Wildman–Crippen LogP) is 2.32. The Labute approximate surface area is 105 Å². The third-order valence-electron chi connectivity index (χ3n) is 4.46. The fourth-order valence-electron chi connectivity index (χ4n) is 3.26. The molecule has 5 heteroatoms. The highest BCUT2D eigenvalue weighted by molar-refractivity contribution is 6.80. The van der Waals surface area contributed by atoms with Gasteiger partial charge in [0.2, 0.25) is 0 Å². The Kier molecular flexibility index (Phi) is 4.43. The molecule has 16 heavy (non-hydrogen) atoms. The summed E-state index contributed by atoms with van der Waals surface area (Å²) in [5.74, 6) is -0.204. The van der Waals surface area contributed by atoms with Crippen molar-refractivity contribution >= 4 is 26.5 Å². The molecule has 2 rings (SSSR count). The molecule has 0 aliphatic carbocycles. The van der Waals surface area contributed by atoms with Crippen LogP contribution in [0.5, 0.6) is 0 Å². The largest absolute Gasteiger partial charge is 0.468 e. The van der Waals surface area contributed by atoms with E-state index in [1.54, 1.807) is 0 Å². The number of methoxy groups -OCH3 is 1. The molecule has 2 heterocycles. The van der Waals surface area contributed by atoms with Gasteiger partial charge in [0.15, 0.2) is 0 Å². The van der Waals surface area contributed by atoms with Gasteiger partial charge in [0.25, 0.3) is 0 Å². The Morgan fingerprint density at radius 3 is 2.12 bits per heavy atom. The maximum atomic E-state index is 11.6. The molecule has 3 nitrogen and oxygen atoms in total. The van der Waals surface area contributed by atoms with Gasteiger partial charge in [0, 0.05) is 0 Å². The van der Waals surface area contributed by atoms with E-state index in [-0.39, 0.29) is 18.4 Å². The Balaban J connectivity index is 0.00000128. The highest BCUT2D eigenvalue weighted by atomic mass is 35.5. The molecule has 0 aromatic rings. The zero-order valence-corrected chi connectivity index (χ0v) is 11.8. The van der Waals surface area contributed by atoms with Gasteiger partial charge in [0.1, 0.15) is 5.54 Å². The number of halogens is 1. The van der Waals surface area contributed by atoms with Crippen LogP contribution in [-0.2, 0) is 9.53 Å². The van der Waals surface area contributed by atoms with E-state index in [4.69, 9.17) is 10.5 Å². The summed E-state index contributed by atoms with van der Waals surface area (Å²) in [5, 5.41) is 0. The van der Waals surface area contributed by atoms with E-state index in [2.05, 4.69) is 0 Å². The van der Waals surface area contributed by atoms with Gasteiger partial charge in [-0.1, -0.05) is 37.0 Å². The maximum absolute atomic E-state index is 11.6. The van der Waals surface area contributed by atoms with Crippen molar-refractivity contribution in [3.63, 3.8) is 0 Å². The second-order valence-corrected chi connectivity index (χ2v) is 10.4. The number of hydrogen-bond donors (Lipinski definition) is 1. The van der Waals surface area contributed by atoms with Gasteiger partial charge < -0.3 is 10.5 Å². The van der Waals surface area contributed by atoms with Crippen LogP contribution >= 0.6 is 12.4 Å². The molecule has 0 aromatic carbocycles. The topological polar surface area (TPSA) is 52.3 Å². The van der Waals surface area contributed by atoms with E-state index in [1.165, 1.54) is 44.1 Å². The van der Waals surface area contributed by atoms with Crippen LogP contribution in [0.4, 0.5) is 0 Å². The molecule has 2 saturated heterocycles. The molecular formula is C11H22ClNO2Si. The van der Waals surface area contributed by atoms with Crippen LogP contribution in [0.25, 0.3) is 0 Å². The molecule has 0 atom stereocenters. The van der Waals surface area contributed by atoms with Crippen LogP contribution in [0.15, 0.2) is 0 Å². The van der Waals surface area contributed by atoms with Crippen molar-refractivity contribution in [1.82, 2.24) is 0 Å². The van der Waals surface area contributed by atoms with Crippen molar-refractivity contribution in [3.8, 4) is 0 Å². The van der Waals surface area contributed by atoms with Gasteiger partial charge >= 0.3 is 5.97 Å². The van der Waals surface area contributed by atoms with E-state index in [0.717, 1.165) is 12.8 Å². The van der Waals surface area contributed by atoms with Gasteiger partial charge in [-0.15, -0.1) is 12.4 Å². The first-order valence-corrected chi connectivity index (χ1v) is 8.80. The standard InChI is InChI=1S/C11H21NO2Si.ClH/c1-14-10(13)11(12)4-8-15(9-5-11)6-2-3-7-15;/h2-9,12H2,1H3;1H.